The van der Waals surface area contributed by atoms with E-state index < -0.39 is 0 Å². The summed E-state index contributed by atoms with van der Waals surface area (Å²) in [6, 6.07) is 10.3. The van der Waals surface area contributed by atoms with Crippen LogP contribution in [0.3, 0.4) is 0 Å². The van der Waals surface area contributed by atoms with Crippen molar-refractivity contribution in [3.8, 4) is 0 Å². The number of hydrogen-bond donors (Lipinski definition) is 1. The molecular weight excluding hydrogens is 256 g/mol. The Morgan fingerprint density at radius 3 is 2.80 bits per heavy atom. The molecule has 104 valence electrons. The Kier molecular flexibility index (Phi) is 4.32. The van der Waals surface area contributed by atoms with Gasteiger partial charge in [-0.05, 0) is 23.8 Å². The molecule has 2 aromatic rings. The Balaban J connectivity index is 2.16. The third-order valence-corrected chi connectivity index (χ3v) is 2.86. The Morgan fingerprint density at radius 1 is 1.30 bits per heavy atom. The zero-order valence-corrected chi connectivity index (χ0v) is 11.4. The number of carbonyl (C=O) groups is 1. The number of nitrogens with one attached hydrogen (secondary N) is 1. The van der Waals surface area contributed by atoms with E-state index >= 15 is 0 Å². The number of rotatable bonds is 4. The number of methoxy groups -OCH3 is 1. The van der Waals surface area contributed by atoms with Crippen LogP contribution in [0, 0.1) is 0 Å². The van der Waals surface area contributed by atoms with Gasteiger partial charge in [-0.15, -0.1) is 0 Å². The number of ether oxygens (including phenoxy) is 1. The van der Waals surface area contributed by atoms with Gasteiger partial charge in [0.15, 0.2) is 0 Å². The smallest absolute Gasteiger partial charge is 0.255 e. The molecule has 0 aliphatic carbocycles. The van der Waals surface area contributed by atoms with E-state index in [9.17, 15) is 9.59 Å². The van der Waals surface area contributed by atoms with Crippen LogP contribution in [0.1, 0.15) is 15.9 Å². The van der Waals surface area contributed by atoms with E-state index in [1.165, 1.54) is 10.6 Å². The van der Waals surface area contributed by atoms with Gasteiger partial charge in [-0.1, -0.05) is 12.1 Å². The minimum atomic E-state index is -0.308. The highest BCUT2D eigenvalue weighted by Crippen LogP contribution is 2.12. The highest BCUT2D eigenvalue weighted by Gasteiger charge is 2.07. The lowest BCUT2D eigenvalue weighted by Crippen LogP contribution is -2.20. The molecule has 1 heterocycles. The predicted molar refractivity (Wildman–Crippen MR) is 76.8 cm³/mol. The first-order valence-corrected chi connectivity index (χ1v) is 6.16. The van der Waals surface area contributed by atoms with Crippen LogP contribution < -0.4 is 10.9 Å². The van der Waals surface area contributed by atoms with Crippen molar-refractivity contribution in [2.75, 3.05) is 12.4 Å². The van der Waals surface area contributed by atoms with E-state index in [2.05, 4.69) is 5.32 Å². The zero-order valence-electron chi connectivity index (χ0n) is 11.4. The highest BCUT2D eigenvalue weighted by molar-refractivity contribution is 6.04. The van der Waals surface area contributed by atoms with Gasteiger partial charge in [0.05, 0.1) is 6.61 Å². The van der Waals surface area contributed by atoms with E-state index in [-0.39, 0.29) is 11.5 Å². The molecule has 0 saturated carbocycles. The zero-order chi connectivity index (χ0) is 14.5. The minimum Gasteiger partial charge on any atom is -0.380 e. The SMILES string of the molecule is COCc1cccc(NC(=O)c2ccn(C)c(=O)c2)c1. The predicted octanol–water partition coefficient (Wildman–Crippen LogP) is 1.78. The third kappa shape index (κ3) is 3.33. The van der Waals surface area contributed by atoms with Crippen LogP contribution in [0.2, 0.25) is 0 Å². The van der Waals surface area contributed by atoms with Gasteiger partial charge in [0.25, 0.3) is 11.5 Å². The van der Waals surface area contributed by atoms with Gasteiger partial charge in [0.2, 0.25) is 0 Å². The number of benzene rings is 1. The maximum absolute atomic E-state index is 12.1. The number of anilines is 1. The lowest BCUT2D eigenvalue weighted by molar-refractivity contribution is 0.102. The summed E-state index contributed by atoms with van der Waals surface area (Å²) >= 11 is 0. The molecule has 0 spiro atoms. The van der Waals surface area contributed by atoms with E-state index in [4.69, 9.17) is 4.74 Å². The number of amides is 1. The molecule has 1 N–H and O–H groups in total. The van der Waals surface area contributed by atoms with Crippen LogP contribution in [0.15, 0.2) is 47.4 Å². The summed E-state index contributed by atoms with van der Waals surface area (Å²) in [6.07, 6.45) is 1.57. The van der Waals surface area contributed by atoms with E-state index in [0.29, 0.717) is 17.9 Å². The summed E-state index contributed by atoms with van der Waals surface area (Å²) in [4.78, 5) is 23.6. The Bertz CT molecular complexity index is 677. The van der Waals surface area contributed by atoms with Crippen LogP contribution in [0.5, 0.6) is 0 Å². The fourth-order valence-corrected chi connectivity index (χ4v) is 1.80. The normalized spacial score (nSPS) is 10.3. The molecule has 0 aliphatic heterocycles. The van der Waals surface area contributed by atoms with Crippen LogP contribution >= 0.6 is 0 Å². The Morgan fingerprint density at radius 2 is 2.10 bits per heavy atom. The average Bonchev–Trinajstić information content (AvgIpc) is 2.42. The van der Waals surface area contributed by atoms with Gasteiger partial charge in [-0.25, -0.2) is 0 Å². The first kappa shape index (κ1) is 14.0. The molecule has 0 fully saturated rings. The van der Waals surface area contributed by atoms with Crippen molar-refractivity contribution in [1.82, 2.24) is 4.57 Å². The second kappa shape index (κ2) is 6.16. The molecule has 20 heavy (non-hydrogen) atoms. The van der Waals surface area contributed by atoms with Gasteiger partial charge in [0, 0.05) is 37.7 Å². The maximum atomic E-state index is 12.1. The lowest BCUT2D eigenvalue weighted by atomic mass is 10.2. The first-order valence-electron chi connectivity index (χ1n) is 6.16. The number of nitrogens with zero attached hydrogens (tertiary/aromatic N) is 1. The monoisotopic (exact) mass is 272 g/mol. The summed E-state index contributed by atoms with van der Waals surface area (Å²) in [6.45, 7) is 0.482. The second-order valence-electron chi connectivity index (χ2n) is 4.45. The number of aromatic nitrogens is 1. The van der Waals surface area contributed by atoms with Gasteiger partial charge in [-0.3, -0.25) is 9.59 Å². The fourth-order valence-electron chi connectivity index (χ4n) is 1.80. The largest absolute Gasteiger partial charge is 0.380 e. The molecule has 1 aromatic heterocycles. The van der Waals surface area contributed by atoms with Crippen LogP contribution in [0.4, 0.5) is 5.69 Å². The molecule has 0 aliphatic rings. The van der Waals surface area contributed by atoms with Gasteiger partial charge in [0.1, 0.15) is 0 Å². The Labute approximate surface area is 116 Å². The number of aryl methyl sites for hydroxylation is 1. The van der Waals surface area contributed by atoms with E-state index in [1.54, 1.807) is 32.5 Å². The molecule has 0 radical (unpaired) electrons. The fraction of sp³-hybridized carbons (Fsp3) is 0.200. The number of pyridine rings is 1. The molecular formula is C15H16N2O3. The van der Waals surface area contributed by atoms with Crippen molar-refractivity contribution in [2.45, 2.75) is 6.61 Å². The summed E-state index contributed by atoms with van der Waals surface area (Å²) in [5, 5.41) is 2.76. The number of carbonyl (C=O) groups excluding carboxylic acids is 1. The lowest BCUT2D eigenvalue weighted by Gasteiger charge is -2.07. The molecule has 0 atom stereocenters. The molecule has 1 amide bonds. The average molecular weight is 272 g/mol. The standard InChI is InChI=1S/C15H16N2O3/c1-17-7-6-12(9-14(17)18)15(19)16-13-5-3-4-11(8-13)10-20-2/h3-9H,10H2,1-2H3,(H,16,19). The molecule has 2 rings (SSSR count). The summed E-state index contributed by atoms with van der Waals surface area (Å²) < 4.78 is 6.46. The van der Waals surface area contributed by atoms with Crippen LogP contribution in [-0.4, -0.2) is 17.6 Å². The van der Waals surface area contributed by atoms with Crippen molar-refractivity contribution in [3.63, 3.8) is 0 Å². The first-order chi connectivity index (χ1) is 9.60. The quantitative estimate of drug-likeness (QED) is 0.923. The van der Waals surface area contributed by atoms with Crippen LogP contribution in [-0.2, 0) is 18.4 Å². The molecule has 5 heteroatoms. The molecule has 1 aromatic carbocycles. The third-order valence-electron chi connectivity index (χ3n) is 2.86. The topological polar surface area (TPSA) is 60.3 Å². The summed E-state index contributed by atoms with van der Waals surface area (Å²) in [7, 11) is 3.25. The summed E-state index contributed by atoms with van der Waals surface area (Å²) in [5.41, 5.74) is 1.76. The van der Waals surface area contributed by atoms with Gasteiger partial charge < -0.3 is 14.6 Å². The van der Waals surface area contributed by atoms with Gasteiger partial charge in [-0.2, -0.15) is 0 Å². The minimum absolute atomic E-state index is 0.217. The van der Waals surface area contributed by atoms with Gasteiger partial charge >= 0.3 is 0 Å². The number of hydrogen-bond acceptors (Lipinski definition) is 3. The van der Waals surface area contributed by atoms with Crippen molar-refractivity contribution < 1.29 is 9.53 Å². The van der Waals surface area contributed by atoms with Crippen molar-refractivity contribution in [1.29, 1.82) is 0 Å². The van der Waals surface area contributed by atoms with Crippen molar-refractivity contribution >= 4 is 11.6 Å². The Hall–Kier alpha value is -2.40. The van der Waals surface area contributed by atoms with Crippen LogP contribution in [0.25, 0.3) is 0 Å². The molecule has 0 saturated heterocycles. The van der Waals surface area contributed by atoms with Crippen molar-refractivity contribution in [2.24, 2.45) is 7.05 Å². The maximum Gasteiger partial charge on any atom is 0.255 e. The van der Waals surface area contributed by atoms with Crippen molar-refractivity contribution in [3.05, 3.63) is 64.1 Å². The molecule has 5 nitrogen and oxygen atoms in total. The second-order valence-corrected chi connectivity index (χ2v) is 4.45. The molecule has 0 bridgehead atoms. The van der Waals surface area contributed by atoms with E-state index in [0.717, 1.165) is 5.56 Å². The van der Waals surface area contributed by atoms with E-state index in [1.807, 2.05) is 18.2 Å². The highest BCUT2D eigenvalue weighted by atomic mass is 16.5. The summed E-state index contributed by atoms with van der Waals surface area (Å²) in [5.74, 6) is -0.308. The molecule has 0 unspecified atom stereocenters.